The normalized spacial score (nSPS) is 13.5. The molecule has 0 unspecified atom stereocenters. The van der Waals surface area contributed by atoms with Crippen LogP contribution in [0.2, 0.25) is 5.02 Å². The number of ether oxygens (including phenoxy) is 2. The molecule has 1 aliphatic rings. The molecule has 2 aromatic rings. The largest absolute Gasteiger partial charge is 0.461 e. The summed E-state index contributed by atoms with van der Waals surface area (Å²) < 4.78 is 15.4. The molecule has 6 nitrogen and oxygen atoms in total. The van der Waals surface area contributed by atoms with Crippen molar-refractivity contribution < 1.29 is 14.0 Å². The maximum Gasteiger partial charge on any atom is 0.303 e. The molecule has 100 valence electrons. The van der Waals surface area contributed by atoms with Crippen LogP contribution in [0.25, 0.3) is 17.0 Å². The van der Waals surface area contributed by atoms with E-state index in [0.717, 1.165) is 5.56 Å². The zero-order valence-electron chi connectivity index (χ0n) is 10.2. The third kappa shape index (κ3) is 2.31. The summed E-state index contributed by atoms with van der Waals surface area (Å²) in [6.45, 7) is 0.803. The fourth-order valence-corrected chi connectivity index (χ4v) is 1.80. The van der Waals surface area contributed by atoms with E-state index in [9.17, 15) is 0 Å². The van der Waals surface area contributed by atoms with Crippen LogP contribution in [0.15, 0.2) is 34.7 Å². The zero-order chi connectivity index (χ0) is 13.9. The second kappa shape index (κ2) is 5.23. The van der Waals surface area contributed by atoms with Crippen LogP contribution in [0.5, 0.6) is 0 Å². The molecule has 2 heterocycles. The second-order valence-corrected chi connectivity index (χ2v) is 4.34. The second-order valence-electron chi connectivity index (χ2n) is 3.90. The van der Waals surface area contributed by atoms with Gasteiger partial charge >= 0.3 is 5.95 Å². The summed E-state index contributed by atoms with van der Waals surface area (Å²) in [5, 5.41) is 13.6. The van der Waals surface area contributed by atoms with Gasteiger partial charge in [0, 0.05) is 10.6 Å². The van der Waals surface area contributed by atoms with Crippen LogP contribution in [0.4, 0.5) is 0 Å². The van der Waals surface area contributed by atoms with E-state index < -0.39 is 0 Å². The Kier molecular flexibility index (Phi) is 3.27. The highest BCUT2D eigenvalue weighted by atomic mass is 35.5. The van der Waals surface area contributed by atoms with Crippen molar-refractivity contribution in [3.63, 3.8) is 0 Å². The van der Waals surface area contributed by atoms with Crippen LogP contribution < -0.4 is 0 Å². The van der Waals surface area contributed by atoms with Crippen molar-refractivity contribution in [1.82, 2.24) is 10.1 Å². The van der Waals surface area contributed by atoms with Crippen LogP contribution in [0.1, 0.15) is 5.89 Å². The first-order chi connectivity index (χ1) is 9.78. The lowest BCUT2D eigenvalue weighted by Gasteiger charge is -1.97. The van der Waals surface area contributed by atoms with E-state index in [0.29, 0.717) is 24.1 Å². The molecule has 20 heavy (non-hydrogen) atoms. The van der Waals surface area contributed by atoms with Gasteiger partial charge in [0.05, 0.1) is 0 Å². The number of rotatable bonds is 2. The Morgan fingerprint density at radius 3 is 2.55 bits per heavy atom. The Bertz CT molecular complexity index is 692. The van der Waals surface area contributed by atoms with Gasteiger partial charge in [-0.3, -0.25) is 0 Å². The zero-order valence-corrected chi connectivity index (χ0v) is 10.9. The predicted molar refractivity (Wildman–Crippen MR) is 69.2 cm³/mol. The first kappa shape index (κ1) is 12.5. The molecule has 1 aromatic carbocycles. The number of nitrogens with zero attached hydrogens (tertiary/aromatic N) is 3. The number of nitriles is 1. The highest BCUT2D eigenvalue weighted by molar-refractivity contribution is 6.30. The molecular weight excluding hydrogens is 282 g/mol. The maximum atomic E-state index is 9.14. The number of hydrogen-bond donors (Lipinski definition) is 0. The lowest BCUT2D eigenvalue weighted by Crippen LogP contribution is -1.91. The first-order valence-electron chi connectivity index (χ1n) is 5.78. The molecule has 0 saturated carbocycles. The van der Waals surface area contributed by atoms with Gasteiger partial charge in [0.1, 0.15) is 19.3 Å². The van der Waals surface area contributed by atoms with Gasteiger partial charge < -0.3 is 14.0 Å². The van der Waals surface area contributed by atoms with Gasteiger partial charge in [-0.1, -0.05) is 16.8 Å². The van der Waals surface area contributed by atoms with E-state index >= 15 is 0 Å². The van der Waals surface area contributed by atoms with Gasteiger partial charge in [-0.15, -0.1) is 0 Å². The quantitative estimate of drug-likeness (QED) is 0.791. The van der Waals surface area contributed by atoms with Crippen LogP contribution in [-0.2, 0) is 9.47 Å². The summed E-state index contributed by atoms with van der Waals surface area (Å²) in [6, 6.07) is 8.92. The van der Waals surface area contributed by atoms with E-state index in [-0.39, 0.29) is 17.4 Å². The minimum atomic E-state index is 0.0642. The Morgan fingerprint density at radius 1 is 1.20 bits per heavy atom. The Balaban J connectivity index is 1.96. The number of aromatic nitrogens is 2. The molecule has 0 N–H and O–H groups in total. The van der Waals surface area contributed by atoms with E-state index in [1.54, 1.807) is 24.3 Å². The fraction of sp³-hybridized carbons (Fsp3) is 0.154. The number of hydrogen-bond acceptors (Lipinski definition) is 6. The van der Waals surface area contributed by atoms with Crippen molar-refractivity contribution in [2.45, 2.75) is 0 Å². The van der Waals surface area contributed by atoms with Crippen molar-refractivity contribution in [2.75, 3.05) is 13.2 Å². The SMILES string of the molecule is N#CC(=C1OCCO1)c1nc(-c2ccc(Cl)cc2)no1. The highest BCUT2D eigenvalue weighted by Gasteiger charge is 2.22. The molecule has 1 aliphatic heterocycles. The lowest BCUT2D eigenvalue weighted by atomic mass is 10.2. The van der Waals surface area contributed by atoms with Gasteiger partial charge in [-0.25, -0.2) is 0 Å². The maximum absolute atomic E-state index is 9.14. The average Bonchev–Trinajstić information content (AvgIpc) is 3.12. The smallest absolute Gasteiger partial charge is 0.303 e. The van der Waals surface area contributed by atoms with Crippen molar-refractivity contribution in [3.8, 4) is 17.5 Å². The summed E-state index contributed by atoms with van der Waals surface area (Å²) in [5.41, 5.74) is 0.829. The monoisotopic (exact) mass is 289 g/mol. The van der Waals surface area contributed by atoms with Crippen LogP contribution in [0.3, 0.4) is 0 Å². The minimum Gasteiger partial charge on any atom is -0.461 e. The minimum absolute atomic E-state index is 0.0642. The molecule has 0 atom stereocenters. The summed E-state index contributed by atoms with van der Waals surface area (Å²) in [6.07, 6.45) is 0. The third-order valence-corrected chi connectivity index (χ3v) is 2.86. The Labute approximate surface area is 119 Å². The average molecular weight is 290 g/mol. The summed E-state index contributed by atoms with van der Waals surface area (Å²) in [5.74, 6) is 0.552. The molecule has 0 amide bonds. The van der Waals surface area contributed by atoms with Gasteiger partial charge in [-0.05, 0) is 24.3 Å². The summed E-state index contributed by atoms with van der Waals surface area (Å²) >= 11 is 5.82. The molecule has 0 radical (unpaired) electrons. The fourth-order valence-electron chi connectivity index (χ4n) is 1.68. The van der Waals surface area contributed by atoms with Gasteiger partial charge in [0.2, 0.25) is 5.82 Å². The number of halogens is 1. The first-order valence-corrected chi connectivity index (χ1v) is 6.16. The molecule has 1 saturated heterocycles. The van der Waals surface area contributed by atoms with Crippen LogP contribution in [-0.4, -0.2) is 23.4 Å². The molecule has 1 aromatic heterocycles. The Morgan fingerprint density at radius 2 is 1.90 bits per heavy atom. The van der Waals surface area contributed by atoms with Crippen LogP contribution >= 0.6 is 11.6 Å². The molecular formula is C13H8ClN3O3. The van der Waals surface area contributed by atoms with E-state index in [4.69, 9.17) is 30.9 Å². The van der Waals surface area contributed by atoms with Gasteiger partial charge in [0.15, 0.2) is 5.57 Å². The van der Waals surface area contributed by atoms with Crippen molar-refractivity contribution >= 4 is 17.2 Å². The lowest BCUT2D eigenvalue weighted by molar-refractivity contribution is 0.178. The van der Waals surface area contributed by atoms with E-state index in [1.807, 2.05) is 6.07 Å². The molecule has 0 bridgehead atoms. The molecule has 7 heteroatoms. The predicted octanol–water partition coefficient (Wildman–Crippen LogP) is 2.63. The van der Waals surface area contributed by atoms with Gasteiger partial charge in [-0.2, -0.15) is 10.2 Å². The van der Waals surface area contributed by atoms with Crippen molar-refractivity contribution in [2.24, 2.45) is 0 Å². The van der Waals surface area contributed by atoms with Crippen LogP contribution in [0, 0.1) is 11.3 Å². The third-order valence-electron chi connectivity index (χ3n) is 2.61. The highest BCUT2D eigenvalue weighted by Crippen LogP contribution is 2.24. The number of benzene rings is 1. The molecule has 0 aliphatic carbocycles. The standard InChI is InChI=1S/C13H8ClN3O3/c14-9-3-1-8(2-4-9)11-16-12(20-17-11)10(7-15)13-18-5-6-19-13/h1-4H,5-6H2. The summed E-state index contributed by atoms with van der Waals surface area (Å²) in [7, 11) is 0. The van der Waals surface area contributed by atoms with E-state index in [1.165, 1.54) is 0 Å². The topological polar surface area (TPSA) is 81.2 Å². The molecule has 1 fully saturated rings. The van der Waals surface area contributed by atoms with Crippen molar-refractivity contribution in [3.05, 3.63) is 41.1 Å². The number of allylic oxidation sites excluding steroid dienone is 1. The van der Waals surface area contributed by atoms with Crippen molar-refractivity contribution in [1.29, 1.82) is 5.26 Å². The van der Waals surface area contributed by atoms with Gasteiger partial charge in [0.25, 0.3) is 5.89 Å². The summed E-state index contributed by atoms with van der Waals surface area (Å²) in [4.78, 5) is 4.16. The molecule has 0 spiro atoms. The van der Waals surface area contributed by atoms with E-state index in [2.05, 4.69) is 10.1 Å². The molecule has 3 rings (SSSR count). The Hall–Kier alpha value is -2.52.